The molecule has 6 rings (SSSR count). The van der Waals surface area contributed by atoms with Crippen molar-refractivity contribution in [2.24, 2.45) is 0 Å². The predicted octanol–water partition coefficient (Wildman–Crippen LogP) is 6.65. The zero-order valence-corrected chi connectivity index (χ0v) is 22.0. The first-order valence-corrected chi connectivity index (χ1v) is 13.3. The van der Waals surface area contributed by atoms with Crippen molar-refractivity contribution in [3.05, 3.63) is 104 Å². The minimum absolute atomic E-state index is 0.106. The van der Waals surface area contributed by atoms with Gasteiger partial charge in [0, 0.05) is 15.6 Å². The SMILES string of the molecule is OCCC#Cc1ccc2c(c1)CCc1cc(O)ccc1-2.Oc1ccc2c(c1)CCc1cc(I)ccc1-2. The highest BCUT2D eigenvalue weighted by molar-refractivity contribution is 14.1. The van der Waals surface area contributed by atoms with Crippen LogP contribution in [-0.2, 0) is 25.7 Å². The second kappa shape index (κ2) is 10.8. The third-order valence-corrected chi connectivity index (χ3v) is 7.40. The van der Waals surface area contributed by atoms with Gasteiger partial charge in [0.15, 0.2) is 0 Å². The van der Waals surface area contributed by atoms with Gasteiger partial charge >= 0.3 is 0 Å². The highest BCUT2D eigenvalue weighted by atomic mass is 127. The molecule has 4 aromatic rings. The number of phenols is 2. The van der Waals surface area contributed by atoms with Crippen LogP contribution in [0.25, 0.3) is 22.3 Å². The van der Waals surface area contributed by atoms with Crippen LogP contribution in [0.15, 0.2) is 72.8 Å². The molecule has 4 heteroatoms. The van der Waals surface area contributed by atoms with Crippen LogP contribution >= 0.6 is 22.6 Å². The molecule has 4 aromatic carbocycles. The first-order chi connectivity index (χ1) is 17.5. The van der Waals surface area contributed by atoms with Crippen molar-refractivity contribution in [1.82, 2.24) is 0 Å². The first-order valence-electron chi connectivity index (χ1n) is 12.2. The van der Waals surface area contributed by atoms with Crippen LogP contribution < -0.4 is 0 Å². The van der Waals surface area contributed by atoms with Crippen molar-refractivity contribution < 1.29 is 15.3 Å². The summed E-state index contributed by atoms with van der Waals surface area (Å²) >= 11 is 2.35. The Morgan fingerprint density at radius 2 is 1.08 bits per heavy atom. The van der Waals surface area contributed by atoms with E-state index in [0.717, 1.165) is 31.2 Å². The average Bonchev–Trinajstić information content (AvgIpc) is 2.88. The van der Waals surface area contributed by atoms with E-state index < -0.39 is 0 Å². The maximum absolute atomic E-state index is 9.56. The van der Waals surface area contributed by atoms with E-state index in [0.29, 0.717) is 17.9 Å². The number of phenolic OH excluding ortho intramolecular Hbond substituents is 2. The molecule has 0 radical (unpaired) electrons. The Morgan fingerprint density at radius 1 is 0.611 bits per heavy atom. The highest BCUT2D eigenvalue weighted by Crippen LogP contribution is 2.36. The maximum Gasteiger partial charge on any atom is 0.115 e. The van der Waals surface area contributed by atoms with E-state index in [-0.39, 0.29) is 6.61 Å². The summed E-state index contributed by atoms with van der Waals surface area (Å²) in [4.78, 5) is 0. The van der Waals surface area contributed by atoms with E-state index in [1.165, 1.54) is 48.1 Å². The number of rotatable bonds is 1. The van der Waals surface area contributed by atoms with Gasteiger partial charge in [-0.1, -0.05) is 36.1 Å². The van der Waals surface area contributed by atoms with Crippen LogP contribution in [0.2, 0.25) is 0 Å². The first kappa shape index (κ1) is 24.4. The Hall–Kier alpha value is -3.27. The number of benzene rings is 4. The number of hydrogen-bond donors (Lipinski definition) is 3. The van der Waals surface area contributed by atoms with Gasteiger partial charge in [-0.2, -0.15) is 0 Å². The van der Waals surface area contributed by atoms with Crippen LogP contribution in [-0.4, -0.2) is 21.9 Å². The molecule has 0 heterocycles. The van der Waals surface area contributed by atoms with E-state index >= 15 is 0 Å². The van der Waals surface area contributed by atoms with Gasteiger partial charge in [-0.15, -0.1) is 0 Å². The number of aromatic hydroxyl groups is 2. The van der Waals surface area contributed by atoms with Crippen LogP contribution in [0.3, 0.4) is 0 Å². The lowest BCUT2D eigenvalue weighted by Crippen LogP contribution is -2.04. The fourth-order valence-corrected chi connectivity index (χ4v) is 5.59. The fourth-order valence-electron chi connectivity index (χ4n) is 5.03. The maximum atomic E-state index is 9.56. The fraction of sp³-hybridized carbons (Fsp3) is 0.188. The molecule has 0 aromatic heterocycles. The summed E-state index contributed by atoms with van der Waals surface area (Å²) in [5.41, 5.74) is 11.2. The monoisotopic (exact) mass is 586 g/mol. The lowest BCUT2D eigenvalue weighted by Gasteiger charge is -2.20. The summed E-state index contributed by atoms with van der Waals surface area (Å²) in [6.45, 7) is 0.106. The summed E-state index contributed by atoms with van der Waals surface area (Å²) in [5.74, 6) is 6.73. The molecule has 0 saturated carbocycles. The standard InChI is InChI=1S/C18H16O2.C14H11IO/c19-10-2-1-3-13-4-8-17-14(11-13)5-6-15-12-16(20)7-9-18(15)17;15-11-3-5-13-9(7-11)1-2-10-8-12(16)4-6-14(10)13/h4,7-9,11-12,19-20H,2,5-6,10H2;3-8,16H,1-2H2. The van der Waals surface area contributed by atoms with E-state index in [9.17, 15) is 10.2 Å². The van der Waals surface area contributed by atoms with Crippen LogP contribution in [0.5, 0.6) is 11.5 Å². The molecule has 180 valence electrons. The summed E-state index contributed by atoms with van der Waals surface area (Å²) in [5, 5.41) is 27.8. The number of aryl methyl sites for hydroxylation is 4. The molecule has 3 nitrogen and oxygen atoms in total. The van der Waals surface area contributed by atoms with E-state index in [1.807, 2.05) is 30.3 Å². The van der Waals surface area contributed by atoms with E-state index in [1.54, 1.807) is 12.1 Å². The molecule has 2 aliphatic carbocycles. The normalized spacial score (nSPS) is 12.5. The summed E-state index contributed by atoms with van der Waals surface area (Å²) in [6, 6.07) is 24.1. The average molecular weight is 586 g/mol. The Labute approximate surface area is 225 Å². The van der Waals surface area contributed by atoms with Crippen LogP contribution in [0.4, 0.5) is 0 Å². The zero-order valence-electron chi connectivity index (χ0n) is 19.9. The van der Waals surface area contributed by atoms with Crippen molar-refractivity contribution in [2.45, 2.75) is 32.1 Å². The number of hydrogen-bond acceptors (Lipinski definition) is 3. The number of aliphatic hydroxyl groups excluding tert-OH is 1. The Morgan fingerprint density at radius 3 is 1.64 bits per heavy atom. The smallest absolute Gasteiger partial charge is 0.115 e. The second-order valence-corrected chi connectivity index (χ2v) is 10.4. The van der Waals surface area contributed by atoms with Gasteiger partial charge in [0.1, 0.15) is 11.5 Å². The number of aliphatic hydroxyl groups is 1. The van der Waals surface area contributed by atoms with E-state index in [4.69, 9.17) is 5.11 Å². The summed E-state index contributed by atoms with van der Waals surface area (Å²) in [7, 11) is 0. The van der Waals surface area contributed by atoms with Gasteiger partial charge in [0.25, 0.3) is 0 Å². The third kappa shape index (κ3) is 5.28. The highest BCUT2D eigenvalue weighted by Gasteiger charge is 2.17. The Bertz CT molecular complexity index is 1440. The van der Waals surface area contributed by atoms with Gasteiger partial charge in [0.05, 0.1) is 6.61 Å². The van der Waals surface area contributed by atoms with Gasteiger partial charge in [-0.3, -0.25) is 0 Å². The van der Waals surface area contributed by atoms with Crippen molar-refractivity contribution in [3.8, 4) is 45.6 Å². The largest absolute Gasteiger partial charge is 0.508 e. The van der Waals surface area contributed by atoms with Crippen LogP contribution in [0.1, 0.15) is 34.2 Å². The molecule has 36 heavy (non-hydrogen) atoms. The minimum Gasteiger partial charge on any atom is -0.508 e. The summed E-state index contributed by atoms with van der Waals surface area (Å²) in [6.07, 6.45) is 4.53. The molecule has 0 unspecified atom stereocenters. The Kier molecular flexibility index (Phi) is 7.31. The molecule has 0 atom stereocenters. The molecule has 0 fully saturated rings. The zero-order chi connectivity index (χ0) is 25.1. The topological polar surface area (TPSA) is 60.7 Å². The number of halogens is 1. The molecule has 2 aliphatic rings. The van der Waals surface area contributed by atoms with Gasteiger partial charge in [-0.25, -0.2) is 0 Å². The molecule has 0 saturated heterocycles. The quantitative estimate of drug-likeness (QED) is 0.173. The van der Waals surface area contributed by atoms with Gasteiger partial charge in [0.2, 0.25) is 0 Å². The minimum atomic E-state index is 0.106. The lowest BCUT2D eigenvalue weighted by atomic mass is 9.85. The molecule has 0 aliphatic heterocycles. The molecular weight excluding hydrogens is 559 g/mol. The molecule has 0 spiro atoms. The summed E-state index contributed by atoms with van der Waals surface area (Å²) < 4.78 is 1.29. The number of fused-ring (bicyclic) bond motifs is 6. The molecule has 3 N–H and O–H groups in total. The van der Waals surface area contributed by atoms with Crippen molar-refractivity contribution >= 4 is 22.6 Å². The van der Waals surface area contributed by atoms with E-state index in [2.05, 4.69) is 64.8 Å². The van der Waals surface area contributed by atoms with Gasteiger partial charge in [-0.05, 0) is 141 Å². The molecule has 0 bridgehead atoms. The second-order valence-electron chi connectivity index (χ2n) is 9.13. The molecular formula is C32H27IO3. The van der Waals surface area contributed by atoms with Crippen molar-refractivity contribution in [2.75, 3.05) is 6.61 Å². The van der Waals surface area contributed by atoms with Gasteiger partial charge < -0.3 is 15.3 Å². The van der Waals surface area contributed by atoms with Crippen molar-refractivity contribution in [1.29, 1.82) is 0 Å². The molecule has 0 amide bonds. The predicted molar refractivity (Wildman–Crippen MR) is 153 cm³/mol. The lowest BCUT2D eigenvalue weighted by molar-refractivity contribution is 0.305. The van der Waals surface area contributed by atoms with Crippen molar-refractivity contribution in [3.63, 3.8) is 0 Å². The van der Waals surface area contributed by atoms with Crippen LogP contribution in [0, 0.1) is 15.4 Å². The third-order valence-electron chi connectivity index (χ3n) is 6.73. The Balaban J connectivity index is 0.000000152.